The van der Waals surface area contributed by atoms with Crippen LogP contribution in [0, 0.1) is 34.3 Å². The highest BCUT2D eigenvalue weighted by molar-refractivity contribution is 5.57. The molecule has 0 aliphatic rings. The van der Waals surface area contributed by atoms with Crippen molar-refractivity contribution in [1.82, 2.24) is 0 Å². The van der Waals surface area contributed by atoms with Crippen LogP contribution in [0.4, 0.5) is 35.1 Å². The number of nitrogens with zero attached hydrogens (tertiary/aromatic N) is 2. The summed E-state index contributed by atoms with van der Waals surface area (Å²) in [7, 11) is 0. The molecule has 106 valence electrons. The summed E-state index contributed by atoms with van der Waals surface area (Å²) in [5.41, 5.74) is -8.90. The Hall–Kier alpha value is -2.36. The fourth-order valence-electron chi connectivity index (χ4n) is 1.44. The van der Waals surface area contributed by atoms with Crippen LogP contribution in [0.2, 0.25) is 0 Å². The highest BCUT2D eigenvalue weighted by Crippen LogP contribution is 2.42. The molecule has 1 aromatic carbocycles. The molecule has 0 saturated heterocycles. The molecule has 0 saturated carbocycles. The summed E-state index contributed by atoms with van der Waals surface area (Å²) in [6.45, 7) is 0. The van der Waals surface area contributed by atoms with Gasteiger partial charge in [0.1, 0.15) is 23.3 Å². The van der Waals surface area contributed by atoms with Crippen LogP contribution in [0.5, 0.6) is 0 Å². The Labute approximate surface area is 105 Å². The Kier molecular flexibility index (Phi) is 3.64. The zero-order chi connectivity index (χ0) is 15.9. The van der Waals surface area contributed by atoms with Crippen molar-refractivity contribution in [2.75, 3.05) is 0 Å². The van der Waals surface area contributed by atoms with E-state index in [0.29, 0.717) is 12.1 Å². The lowest BCUT2D eigenvalue weighted by Gasteiger charge is -2.16. The summed E-state index contributed by atoms with van der Waals surface area (Å²) in [6, 6.07) is 1.31. The topological polar surface area (TPSA) is 47.6 Å². The highest BCUT2D eigenvalue weighted by atomic mass is 19.4. The first-order chi connectivity index (χ1) is 8.96. The first kappa shape index (κ1) is 15.7. The lowest BCUT2D eigenvalue weighted by Crippen LogP contribution is -2.20. The van der Waals surface area contributed by atoms with E-state index in [2.05, 4.69) is 0 Å². The third kappa shape index (κ3) is 2.37. The van der Waals surface area contributed by atoms with Crippen LogP contribution in [0.15, 0.2) is 0 Å². The van der Waals surface area contributed by atoms with Crippen molar-refractivity contribution in [3.63, 3.8) is 0 Å². The molecule has 20 heavy (non-hydrogen) atoms. The molecule has 1 aromatic rings. The van der Waals surface area contributed by atoms with Gasteiger partial charge in [-0.1, -0.05) is 0 Å². The lowest BCUT2D eigenvalue weighted by molar-refractivity contribution is -0.145. The van der Waals surface area contributed by atoms with E-state index in [1.54, 1.807) is 0 Å². The quantitative estimate of drug-likeness (QED) is 0.685. The van der Waals surface area contributed by atoms with Gasteiger partial charge in [0, 0.05) is 0 Å². The summed E-state index contributed by atoms with van der Waals surface area (Å²) in [5, 5.41) is 16.9. The van der Waals surface area contributed by atoms with Gasteiger partial charge in [-0.15, -0.1) is 0 Å². The summed E-state index contributed by atoms with van der Waals surface area (Å²) in [6.07, 6.45) is -11.3. The first-order valence-corrected chi connectivity index (χ1v) is 4.46. The predicted molar refractivity (Wildman–Crippen MR) is 45.8 cm³/mol. The third-order valence-electron chi connectivity index (χ3n) is 2.17. The van der Waals surface area contributed by atoms with Gasteiger partial charge in [-0.25, -0.2) is 8.78 Å². The minimum absolute atomic E-state index is 0.653. The molecule has 0 bridgehead atoms. The highest BCUT2D eigenvalue weighted by Gasteiger charge is 2.47. The second-order valence-electron chi connectivity index (χ2n) is 3.35. The van der Waals surface area contributed by atoms with Crippen LogP contribution in [0.25, 0.3) is 0 Å². The predicted octanol–water partition coefficient (Wildman–Crippen LogP) is 3.75. The number of hydrogen-bond donors (Lipinski definition) is 0. The molecule has 0 aromatic heterocycles. The average molecular weight is 300 g/mol. The van der Waals surface area contributed by atoms with E-state index >= 15 is 0 Å². The van der Waals surface area contributed by atoms with Gasteiger partial charge < -0.3 is 0 Å². The van der Waals surface area contributed by atoms with E-state index in [9.17, 15) is 35.1 Å². The number of hydrogen-bond acceptors (Lipinski definition) is 2. The maximum absolute atomic E-state index is 13.2. The van der Waals surface area contributed by atoms with Crippen LogP contribution in [0.3, 0.4) is 0 Å². The summed E-state index contributed by atoms with van der Waals surface area (Å²) in [4.78, 5) is 0. The van der Waals surface area contributed by atoms with Crippen LogP contribution < -0.4 is 0 Å². The van der Waals surface area contributed by atoms with Gasteiger partial charge in [0.25, 0.3) is 0 Å². The molecular formula is C10F8N2. The van der Waals surface area contributed by atoms with E-state index in [-0.39, 0.29) is 0 Å². The smallest absolute Gasteiger partial charge is 0.203 e. The number of rotatable bonds is 0. The van der Waals surface area contributed by atoms with Crippen LogP contribution in [-0.2, 0) is 12.4 Å². The largest absolute Gasteiger partial charge is 0.420 e. The molecule has 0 unspecified atom stereocenters. The fourth-order valence-corrected chi connectivity index (χ4v) is 1.44. The van der Waals surface area contributed by atoms with Gasteiger partial charge in [-0.05, 0) is 0 Å². The molecule has 0 aliphatic carbocycles. The number of alkyl halides is 6. The van der Waals surface area contributed by atoms with E-state index in [4.69, 9.17) is 10.5 Å². The molecule has 0 spiro atoms. The Bertz CT molecular complexity index is 585. The van der Waals surface area contributed by atoms with Crippen molar-refractivity contribution in [2.45, 2.75) is 12.4 Å². The monoisotopic (exact) mass is 300 g/mol. The molecule has 0 fully saturated rings. The van der Waals surface area contributed by atoms with Crippen LogP contribution >= 0.6 is 0 Å². The van der Waals surface area contributed by atoms with Crippen LogP contribution in [0.1, 0.15) is 22.3 Å². The van der Waals surface area contributed by atoms with Gasteiger partial charge in [-0.2, -0.15) is 36.9 Å². The Balaban J connectivity index is 4.06. The van der Waals surface area contributed by atoms with Crippen molar-refractivity contribution in [2.24, 2.45) is 0 Å². The molecule has 0 N–H and O–H groups in total. The zero-order valence-electron chi connectivity index (χ0n) is 8.92. The van der Waals surface area contributed by atoms with E-state index in [1.165, 1.54) is 0 Å². The Morgan fingerprint density at radius 1 is 0.650 bits per heavy atom. The summed E-state index contributed by atoms with van der Waals surface area (Å²) < 4.78 is 101. The molecule has 10 heteroatoms. The van der Waals surface area contributed by atoms with E-state index < -0.39 is 46.2 Å². The summed E-state index contributed by atoms with van der Waals surface area (Å²) >= 11 is 0. The Morgan fingerprint density at radius 3 is 1.05 bits per heavy atom. The lowest BCUT2D eigenvalue weighted by atomic mass is 9.95. The van der Waals surface area contributed by atoms with Crippen molar-refractivity contribution >= 4 is 0 Å². The SMILES string of the molecule is N#Cc1c(C#N)c(C(F)(F)F)c(F)c(F)c1C(F)(F)F. The average Bonchev–Trinajstić information content (AvgIpc) is 2.27. The molecule has 1 rings (SSSR count). The molecule has 0 heterocycles. The molecule has 0 aliphatic heterocycles. The maximum Gasteiger partial charge on any atom is 0.420 e. The number of benzene rings is 1. The Morgan fingerprint density at radius 2 is 0.900 bits per heavy atom. The molecule has 0 atom stereocenters. The van der Waals surface area contributed by atoms with E-state index in [0.717, 1.165) is 0 Å². The standard InChI is InChI=1S/C10F8N2/c11-7-5(9(13,14)15)3(1-19)4(2-20)6(8(7)12)10(16,17)18. The number of halogens is 8. The molecule has 0 amide bonds. The van der Waals surface area contributed by atoms with Gasteiger partial charge >= 0.3 is 12.4 Å². The third-order valence-corrected chi connectivity index (χ3v) is 2.17. The van der Waals surface area contributed by atoms with Crippen molar-refractivity contribution < 1.29 is 35.1 Å². The van der Waals surface area contributed by atoms with Crippen LogP contribution in [-0.4, -0.2) is 0 Å². The number of nitriles is 2. The minimum atomic E-state index is -5.63. The van der Waals surface area contributed by atoms with Crippen molar-refractivity contribution in [3.05, 3.63) is 33.9 Å². The first-order valence-electron chi connectivity index (χ1n) is 4.46. The molecular weight excluding hydrogens is 300 g/mol. The van der Waals surface area contributed by atoms with Gasteiger partial charge in [0.05, 0.1) is 11.1 Å². The van der Waals surface area contributed by atoms with Gasteiger partial charge in [-0.3, -0.25) is 0 Å². The summed E-state index contributed by atoms with van der Waals surface area (Å²) in [5.74, 6) is -5.75. The second-order valence-corrected chi connectivity index (χ2v) is 3.35. The minimum Gasteiger partial charge on any atom is -0.203 e. The van der Waals surface area contributed by atoms with Gasteiger partial charge in [0.2, 0.25) is 0 Å². The fraction of sp³-hybridized carbons (Fsp3) is 0.200. The zero-order valence-corrected chi connectivity index (χ0v) is 8.92. The second kappa shape index (κ2) is 4.63. The van der Waals surface area contributed by atoms with Crippen molar-refractivity contribution in [1.29, 1.82) is 10.5 Å². The van der Waals surface area contributed by atoms with Crippen molar-refractivity contribution in [3.8, 4) is 12.1 Å². The molecule has 2 nitrogen and oxygen atoms in total. The van der Waals surface area contributed by atoms with Gasteiger partial charge in [0.15, 0.2) is 11.6 Å². The van der Waals surface area contributed by atoms with E-state index in [1.807, 2.05) is 0 Å². The normalized spacial score (nSPS) is 11.9. The molecule has 0 radical (unpaired) electrons. The maximum atomic E-state index is 13.2.